The summed E-state index contributed by atoms with van der Waals surface area (Å²) < 4.78 is 12.9. The van der Waals surface area contributed by atoms with Crippen molar-refractivity contribution in [3.63, 3.8) is 0 Å². The Morgan fingerprint density at radius 3 is 2.45 bits per heavy atom. The van der Waals surface area contributed by atoms with Crippen LogP contribution in [0, 0.1) is 12.7 Å². The van der Waals surface area contributed by atoms with E-state index in [-0.39, 0.29) is 5.82 Å². The van der Waals surface area contributed by atoms with Gasteiger partial charge in [0.25, 0.3) is 0 Å². The van der Waals surface area contributed by atoms with Crippen molar-refractivity contribution in [3.05, 3.63) is 47.8 Å². The summed E-state index contributed by atoms with van der Waals surface area (Å²) in [5.41, 5.74) is 3.26. The van der Waals surface area contributed by atoms with Crippen LogP contribution in [0.1, 0.15) is 5.56 Å². The lowest BCUT2D eigenvalue weighted by atomic mass is 10.2. The number of hydrogen-bond donors (Lipinski definition) is 0. The van der Waals surface area contributed by atoms with E-state index >= 15 is 0 Å². The molecule has 0 amide bonds. The molecular formula is C14H9FN4O. The van der Waals surface area contributed by atoms with Crippen molar-refractivity contribution in [2.75, 3.05) is 0 Å². The van der Waals surface area contributed by atoms with E-state index in [4.69, 9.17) is 0 Å². The Kier molecular flexibility index (Phi) is 2.85. The van der Waals surface area contributed by atoms with Gasteiger partial charge in [-0.25, -0.2) is 9.18 Å². The van der Waals surface area contributed by atoms with Crippen LogP contribution in [0.25, 0.3) is 16.7 Å². The van der Waals surface area contributed by atoms with Gasteiger partial charge >= 0.3 is 0 Å². The molecule has 0 atom stereocenters. The van der Waals surface area contributed by atoms with Gasteiger partial charge in [-0.05, 0) is 48.9 Å². The molecule has 0 N–H and O–H groups in total. The monoisotopic (exact) mass is 268 g/mol. The lowest BCUT2D eigenvalue weighted by molar-refractivity contribution is 0.565. The molecule has 0 saturated carbocycles. The Bertz CT molecular complexity index is 832. The average molecular weight is 268 g/mol. The van der Waals surface area contributed by atoms with Crippen molar-refractivity contribution in [2.24, 2.45) is 4.99 Å². The summed E-state index contributed by atoms with van der Waals surface area (Å²) in [6, 6.07) is 9.33. The first-order valence-corrected chi connectivity index (χ1v) is 5.89. The van der Waals surface area contributed by atoms with Crippen LogP contribution in [0.2, 0.25) is 0 Å². The number of benzene rings is 2. The molecule has 0 unspecified atom stereocenters. The highest BCUT2D eigenvalue weighted by atomic mass is 19.1. The van der Waals surface area contributed by atoms with Crippen molar-refractivity contribution in [3.8, 4) is 5.69 Å². The number of aromatic nitrogens is 3. The van der Waals surface area contributed by atoms with E-state index in [9.17, 15) is 9.18 Å². The first kappa shape index (κ1) is 12.2. The first-order chi connectivity index (χ1) is 9.67. The van der Waals surface area contributed by atoms with Crippen molar-refractivity contribution >= 4 is 22.8 Å². The van der Waals surface area contributed by atoms with Gasteiger partial charge in [0, 0.05) is 0 Å². The van der Waals surface area contributed by atoms with Gasteiger partial charge in [-0.2, -0.15) is 9.79 Å². The second kappa shape index (κ2) is 4.68. The fourth-order valence-electron chi connectivity index (χ4n) is 1.92. The number of hydrogen-bond acceptors (Lipinski definition) is 4. The van der Waals surface area contributed by atoms with Gasteiger partial charge in [-0.15, -0.1) is 10.2 Å². The average Bonchev–Trinajstić information content (AvgIpc) is 2.83. The number of aryl methyl sites for hydroxylation is 1. The Balaban J connectivity index is 2.15. The largest absolute Gasteiger partial charge is 0.240 e. The van der Waals surface area contributed by atoms with Gasteiger partial charge in [0.2, 0.25) is 6.08 Å². The van der Waals surface area contributed by atoms with Crippen LogP contribution in [-0.2, 0) is 4.79 Å². The SMILES string of the molecule is Cc1cc2nn(-c3ccc(F)cc3)nc2cc1N=C=O. The van der Waals surface area contributed by atoms with Crippen LogP contribution in [0.15, 0.2) is 41.4 Å². The molecule has 1 heterocycles. The van der Waals surface area contributed by atoms with Gasteiger partial charge < -0.3 is 0 Å². The summed E-state index contributed by atoms with van der Waals surface area (Å²) in [5, 5.41) is 8.61. The van der Waals surface area contributed by atoms with Crippen molar-refractivity contribution in [2.45, 2.75) is 6.92 Å². The van der Waals surface area contributed by atoms with Crippen molar-refractivity contribution < 1.29 is 9.18 Å². The molecule has 0 aliphatic carbocycles. The summed E-state index contributed by atoms with van der Waals surface area (Å²) in [6.07, 6.45) is 1.51. The zero-order valence-corrected chi connectivity index (χ0v) is 10.5. The predicted molar refractivity (Wildman–Crippen MR) is 71.3 cm³/mol. The Hall–Kier alpha value is -2.85. The first-order valence-electron chi connectivity index (χ1n) is 5.89. The second-order valence-corrected chi connectivity index (χ2v) is 4.30. The number of carbonyl (C=O) groups excluding carboxylic acids is 1. The summed E-state index contributed by atoms with van der Waals surface area (Å²) in [4.78, 5) is 15.4. The number of halogens is 1. The quantitative estimate of drug-likeness (QED) is 0.530. The minimum absolute atomic E-state index is 0.316. The lowest BCUT2D eigenvalue weighted by Gasteiger charge is -1.97. The van der Waals surface area contributed by atoms with Crippen molar-refractivity contribution in [1.29, 1.82) is 0 Å². The fraction of sp³-hybridized carbons (Fsp3) is 0.0714. The molecule has 1 aromatic heterocycles. The topological polar surface area (TPSA) is 60.1 Å². The number of aliphatic imine (C=N–C) groups is 1. The minimum atomic E-state index is -0.316. The Labute approximate surface area is 113 Å². The molecular weight excluding hydrogens is 259 g/mol. The molecule has 0 radical (unpaired) electrons. The molecule has 0 saturated heterocycles. The number of rotatable bonds is 2. The van der Waals surface area contributed by atoms with Crippen LogP contribution in [-0.4, -0.2) is 21.1 Å². The third kappa shape index (κ3) is 2.08. The highest BCUT2D eigenvalue weighted by Gasteiger charge is 2.08. The zero-order valence-electron chi connectivity index (χ0n) is 10.5. The van der Waals surface area contributed by atoms with Gasteiger partial charge in [-0.3, -0.25) is 0 Å². The Morgan fingerprint density at radius 1 is 1.15 bits per heavy atom. The molecule has 0 spiro atoms. The minimum Gasteiger partial charge on any atom is -0.211 e. The van der Waals surface area contributed by atoms with Crippen LogP contribution in [0.5, 0.6) is 0 Å². The number of isocyanates is 1. The Morgan fingerprint density at radius 2 is 1.80 bits per heavy atom. The molecule has 2 aromatic carbocycles. The van der Waals surface area contributed by atoms with Gasteiger partial charge in [0.05, 0.1) is 11.4 Å². The molecule has 98 valence electrons. The predicted octanol–water partition coefficient (Wildman–Crippen LogP) is 2.84. The van der Waals surface area contributed by atoms with Crippen LogP contribution < -0.4 is 0 Å². The summed E-state index contributed by atoms with van der Waals surface area (Å²) >= 11 is 0. The van der Waals surface area contributed by atoms with Gasteiger partial charge in [-0.1, -0.05) is 0 Å². The van der Waals surface area contributed by atoms with Crippen LogP contribution in [0.3, 0.4) is 0 Å². The summed E-state index contributed by atoms with van der Waals surface area (Å²) in [7, 11) is 0. The summed E-state index contributed by atoms with van der Waals surface area (Å²) in [6.45, 7) is 1.83. The maximum Gasteiger partial charge on any atom is 0.240 e. The van der Waals surface area contributed by atoms with Gasteiger partial charge in [0.15, 0.2) is 0 Å². The van der Waals surface area contributed by atoms with E-state index < -0.39 is 0 Å². The van der Waals surface area contributed by atoms with Crippen LogP contribution in [0.4, 0.5) is 10.1 Å². The molecule has 0 aliphatic rings. The molecule has 0 fully saturated rings. The maximum atomic E-state index is 12.9. The van der Waals surface area contributed by atoms with Crippen molar-refractivity contribution in [1.82, 2.24) is 15.0 Å². The molecule has 5 nitrogen and oxygen atoms in total. The van der Waals surface area contributed by atoms with Gasteiger partial charge in [0.1, 0.15) is 16.9 Å². The maximum absolute atomic E-state index is 12.9. The van der Waals surface area contributed by atoms with E-state index in [2.05, 4.69) is 15.2 Å². The zero-order chi connectivity index (χ0) is 14.1. The standard InChI is InChI=1S/C14H9FN4O/c1-9-6-13-14(7-12(9)16-8-20)18-19(17-13)11-4-2-10(15)3-5-11/h2-7H,1H3. The number of fused-ring (bicyclic) bond motifs is 1. The van der Waals surface area contributed by atoms with Crippen LogP contribution >= 0.6 is 0 Å². The lowest BCUT2D eigenvalue weighted by Crippen LogP contribution is -1.97. The highest BCUT2D eigenvalue weighted by Crippen LogP contribution is 2.23. The molecule has 0 aliphatic heterocycles. The van der Waals surface area contributed by atoms with E-state index in [0.717, 1.165) is 5.56 Å². The summed E-state index contributed by atoms with van der Waals surface area (Å²) in [5.74, 6) is -0.316. The third-order valence-corrected chi connectivity index (χ3v) is 2.92. The molecule has 3 aromatic rings. The highest BCUT2D eigenvalue weighted by molar-refractivity contribution is 5.80. The normalized spacial score (nSPS) is 10.5. The molecule has 6 heteroatoms. The third-order valence-electron chi connectivity index (χ3n) is 2.92. The van der Waals surface area contributed by atoms with E-state index in [1.54, 1.807) is 24.3 Å². The fourth-order valence-corrected chi connectivity index (χ4v) is 1.92. The smallest absolute Gasteiger partial charge is 0.211 e. The second-order valence-electron chi connectivity index (χ2n) is 4.30. The number of nitrogens with zero attached hydrogens (tertiary/aromatic N) is 4. The van der Waals surface area contributed by atoms with E-state index in [0.29, 0.717) is 22.4 Å². The molecule has 3 rings (SSSR count). The van der Waals surface area contributed by atoms with E-state index in [1.165, 1.54) is 23.0 Å². The molecule has 20 heavy (non-hydrogen) atoms. The molecule has 0 bridgehead atoms. The van der Waals surface area contributed by atoms with E-state index in [1.807, 2.05) is 6.92 Å².